The Bertz CT molecular complexity index is 1520. The molecule has 5 rings (SSSR count). The molecule has 206 valence electrons. The van der Waals surface area contributed by atoms with Gasteiger partial charge >= 0.3 is 5.97 Å². The van der Waals surface area contributed by atoms with Gasteiger partial charge in [0.25, 0.3) is 5.91 Å². The number of benzene rings is 4. The molecule has 1 aliphatic heterocycles. The highest BCUT2D eigenvalue weighted by Gasteiger charge is 2.36. The number of ether oxygens (including phenoxy) is 2. The van der Waals surface area contributed by atoms with Crippen molar-refractivity contribution in [3.05, 3.63) is 112 Å². The highest BCUT2D eigenvalue weighted by molar-refractivity contribution is 5.97. The second kappa shape index (κ2) is 11.9. The Labute approximate surface area is 234 Å². The summed E-state index contributed by atoms with van der Waals surface area (Å²) in [7, 11) is 0. The molecule has 1 heterocycles. The van der Waals surface area contributed by atoms with E-state index in [1.54, 1.807) is 0 Å². The molecule has 1 saturated heterocycles. The number of rotatable bonds is 9. The minimum Gasteiger partial charge on any atom is -0.489 e. The number of hydrogen-bond acceptors (Lipinski definition) is 4. The molecule has 4 aromatic rings. The summed E-state index contributed by atoms with van der Waals surface area (Å²) in [6.07, 6.45) is 1.51. The largest absolute Gasteiger partial charge is 0.489 e. The van der Waals surface area contributed by atoms with Gasteiger partial charge in [0.05, 0.1) is 5.54 Å². The SMILES string of the molecule is Cc1cc(C)cc(OCc2ccc(CCC(=O)O)c(C(=O)NC3(c4ccc5ccccc5c4)CCOCC3)c2)c1. The Morgan fingerprint density at radius 3 is 2.35 bits per heavy atom. The molecule has 0 aliphatic carbocycles. The van der Waals surface area contributed by atoms with E-state index in [1.165, 1.54) is 0 Å². The number of carboxylic acid groups (broad SMARTS) is 1. The van der Waals surface area contributed by atoms with Crippen LogP contribution in [-0.2, 0) is 28.1 Å². The van der Waals surface area contributed by atoms with Gasteiger partial charge in [-0.25, -0.2) is 0 Å². The van der Waals surface area contributed by atoms with Crippen molar-refractivity contribution in [1.29, 1.82) is 0 Å². The first kappa shape index (κ1) is 27.4. The van der Waals surface area contributed by atoms with Crippen LogP contribution in [-0.4, -0.2) is 30.2 Å². The highest BCUT2D eigenvalue weighted by Crippen LogP contribution is 2.35. The third kappa shape index (κ3) is 6.35. The van der Waals surface area contributed by atoms with E-state index in [4.69, 9.17) is 9.47 Å². The molecule has 0 spiro atoms. The fraction of sp³-hybridized carbons (Fsp3) is 0.294. The Balaban J connectivity index is 1.45. The number of nitrogens with one attached hydrogen (secondary N) is 1. The van der Waals surface area contributed by atoms with E-state index >= 15 is 0 Å². The number of fused-ring (bicyclic) bond motifs is 1. The summed E-state index contributed by atoms with van der Waals surface area (Å²) in [5, 5.41) is 14.9. The number of carboxylic acids is 1. The molecular weight excluding hydrogens is 502 g/mol. The maximum Gasteiger partial charge on any atom is 0.303 e. The van der Waals surface area contributed by atoms with Crippen molar-refractivity contribution in [2.45, 2.75) is 51.7 Å². The fourth-order valence-corrected chi connectivity index (χ4v) is 5.54. The molecule has 0 bridgehead atoms. The van der Waals surface area contributed by atoms with Gasteiger partial charge in [0.15, 0.2) is 0 Å². The third-order valence-electron chi connectivity index (χ3n) is 7.63. The van der Waals surface area contributed by atoms with Crippen molar-refractivity contribution in [2.24, 2.45) is 0 Å². The smallest absolute Gasteiger partial charge is 0.303 e. The second-order valence-electron chi connectivity index (χ2n) is 10.7. The van der Waals surface area contributed by atoms with E-state index in [2.05, 4.69) is 41.7 Å². The number of carbonyl (C=O) groups excluding carboxylic acids is 1. The minimum absolute atomic E-state index is 0.0532. The summed E-state index contributed by atoms with van der Waals surface area (Å²) in [5.74, 6) is -0.342. The summed E-state index contributed by atoms with van der Waals surface area (Å²) in [4.78, 5) is 25.4. The Kier molecular flexibility index (Phi) is 8.17. The second-order valence-corrected chi connectivity index (χ2v) is 10.7. The molecule has 6 nitrogen and oxygen atoms in total. The first-order chi connectivity index (χ1) is 19.3. The lowest BCUT2D eigenvalue weighted by molar-refractivity contribution is -0.136. The van der Waals surface area contributed by atoms with Gasteiger partial charge in [-0.05, 0) is 96.0 Å². The minimum atomic E-state index is -0.898. The number of amides is 1. The van der Waals surface area contributed by atoms with E-state index in [9.17, 15) is 14.7 Å². The van der Waals surface area contributed by atoms with Gasteiger partial charge in [-0.3, -0.25) is 9.59 Å². The van der Waals surface area contributed by atoms with Gasteiger partial charge in [-0.15, -0.1) is 0 Å². The molecule has 0 atom stereocenters. The van der Waals surface area contributed by atoms with Gasteiger partial charge in [0.1, 0.15) is 12.4 Å². The predicted molar refractivity (Wildman–Crippen MR) is 156 cm³/mol. The van der Waals surface area contributed by atoms with E-state index in [0.717, 1.165) is 38.8 Å². The molecule has 1 amide bonds. The monoisotopic (exact) mass is 537 g/mol. The predicted octanol–water partition coefficient (Wildman–Crippen LogP) is 6.49. The van der Waals surface area contributed by atoms with Crippen LogP contribution < -0.4 is 10.1 Å². The van der Waals surface area contributed by atoms with Crippen LogP contribution in [0.15, 0.2) is 78.9 Å². The van der Waals surface area contributed by atoms with Crippen molar-refractivity contribution < 1.29 is 24.2 Å². The van der Waals surface area contributed by atoms with Crippen LogP contribution in [0, 0.1) is 13.8 Å². The molecule has 1 aliphatic rings. The Hall–Kier alpha value is -4.16. The van der Waals surface area contributed by atoms with Crippen LogP contribution in [0.25, 0.3) is 10.8 Å². The molecule has 0 aromatic heterocycles. The van der Waals surface area contributed by atoms with E-state index in [1.807, 2.05) is 56.3 Å². The van der Waals surface area contributed by atoms with Gasteiger partial charge in [-0.1, -0.05) is 54.6 Å². The third-order valence-corrected chi connectivity index (χ3v) is 7.63. The van der Waals surface area contributed by atoms with Gasteiger partial charge in [-0.2, -0.15) is 0 Å². The van der Waals surface area contributed by atoms with Crippen LogP contribution >= 0.6 is 0 Å². The molecule has 40 heavy (non-hydrogen) atoms. The van der Waals surface area contributed by atoms with E-state index in [-0.39, 0.29) is 18.7 Å². The highest BCUT2D eigenvalue weighted by atomic mass is 16.5. The molecule has 0 saturated carbocycles. The lowest BCUT2D eigenvalue weighted by Crippen LogP contribution is -2.49. The maximum absolute atomic E-state index is 14.0. The van der Waals surface area contributed by atoms with Crippen molar-refractivity contribution >= 4 is 22.6 Å². The fourth-order valence-electron chi connectivity index (χ4n) is 5.54. The average molecular weight is 538 g/mol. The first-order valence-electron chi connectivity index (χ1n) is 13.8. The number of carbonyl (C=O) groups is 2. The van der Waals surface area contributed by atoms with Crippen LogP contribution in [0.5, 0.6) is 5.75 Å². The number of aryl methyl sites for hydroxylation is 3. The van der Waals surface area contributed by atoms with E-state index < -0.39 is 11.5 Å². The van der Waals surface area contributed by atoms with Crippen molar-refractivity contribution in [3.63, 3.8) is 0 Å². The lowest BCUT2D eigenvalue weighted by atomic mass is 9.81. The molecule has 2 N–H and O–H groups in total. The quantitative estimate of drug-likeness (QED) is 0.255. The summed E-state index contributed by atoms with van der Waals surface area (Å²) in [5.41, 5.74) is 4.73. The topological polar surface area (TPSA) is 84.9 Å². The van der Waals surface area contributed by atoms with Crippen LogP contribution in [0.4, 0.5) is 0 Å². The van der Waals surface area contributed by atoms with Gasteiger partial charge in [0.2, 0.25) is 0 Å². The average Bonchev–Trinajstić information content (AvgIpc) is 2.95. The Morgan fingerprint density at radius 2 is 1.62 bits per heavy atom. The molecule has 4 aromatic carbocycles. The van der Waals surface area contributed by atoms with Crippen LogP contribution in [0.2, 0.25) is 0 Å². The standard InChI is InChI=1S/C34H35NO5/c1-23-17-24(2)19-30(18-23)40-22-25-7-8-27(10-12-32(36)37)31(20-25)33(38)35-34(13-15-39-16-14-34)29-11-9-26-5-3-4-6-28(26)21-29/h3-9,11,17-21H,10,12-16,22H2,1-2H3,(H,35,38)(H,36,37). The van der Waals surface area contributed by atoms with Gasteiger partial charge < -0.3 is 19.9 Å². The zero-order valence-electron chi connectivity index (χ0n) is 23.0. The summed E-state index contributed by atoms with van der Waals surface area (Å²) < 4.78 is 11.8. The van der Waals surface area contributed by atoms with Gasteiger partial charge in [0, 0.05) is 25.2 Å². The van der Waals surface area contributed by atoms with Crippen LogP contribution in [0.1, 0.15) is 57.4 Å². The van der Waals surface area contributed by atoms with E-state index in [0.29, 0.717) is 43.8 Å². The summed E-state index contributed by atoms with van der Waals surface area (Å²) in [6.45, 7) is 5.44. The maximum atomic E-state index is 14.0. The van der Waals surface area contributed by atoms with Crippen molar-refractivity contribution in [3.8, 4) is 5.75 Å². The summed E-state index contributed by atoms with van der Waals surface area (Å²) in [6, 6.07) is 26.2. The lowest BCUT2D eigenvalue weighted by Gasteiger charge is -2.39. The Morgan fingerprint density at radius 1 is 0.900 bits per heavy atom. The van der Waals surface area contributed by atoms with Crippen LogP contribution in [0.3, 0.4) is 0 Å². The molecule has 6 heteroatoms. The molecule has 1 fully saturated rings. The van der Waals surface area contributed by atoms with Crippen molar-refractivity contribution in [2.75, 3.05) is 13.2 Å². The van der Waals surface area contributed by atoms with Crippen molar-refractivity contribution in [1.82, 2.24) is 5.32 Å². The molecular formula is C34H35NO5. The first-order valence-corrected chi connectivity index (χ1v) is 13.8. The molecule has 0 radical (unpaired) electrons. The summed E-state index contributed by atoms with van der Waals surface area (Å²) >= 11 is 0. The number of hydrogen-bond donors (Lipinski definition) is 2. The molecule has 0 unspecified atom stereocenters. The normalized spacial score (nSPS) is 14.6. The zero-order chi connectivity index (χ0) is 28.1. The number of aliphatic carboxylic acids is 1. The zero-order valence-corrected chi connectivity index (χ0v) is 23.0.